The number of nitrogens with zero attached hydrogens (tertiary/aromatic N) is 3. The molecule has 5 nitrogen and oxygen atoms in total. The third kappa shape index (κ3) is 2.22. The van der Waals surface area contributed by atoms with Crippen molar-refractivity contribution in [2.75, 3.05) is 0 Å². The van der Waals surface area contributed by atoms with Gasteiger partial charge >= 0.3 is 0 Å². The molecule has 0 saturated carbocycles. The molecule has 1 aromatic carbocycles. The van der Waals surface area contributed by atoms with Crippen molar-refractivity contribution in [1.29, 1.82) is 0 Å². The van der Waals surface area contributed by atoms with Gasteiger partial charge in [-0.15, -0.1) is 10.2 Å². The van der Waals surface area contributed by atoms with Crippen molar-refractivity contribution in [2.45, 2.75) is 32.0 Å². The van der Waals surface area contributed by atoms with Gasteiger partial charge < -0.3 is 15.0 Å². The highest BCUT2D eigenvalue weighted by Crippen LogP contribution is 2.16. The first-order valence-electron chi connectivity index (χ1n) is 6.17. The molecule has 1 atom stereocenters. The standard InChI is InChI=1S/C13H16N4O/c14-10-6-7-12-15-16-13(17(12)8-10)9-18-11-4-2-1-3-5-11/h1-5,10H,6-9,14H2. The molecule has 0 aliphatic carbocycles. The molecule has 0 radical (unpaired) electrons. The van der Waals surface area contributed by atoms with Gasteiger partial charge in [0.25, 0.3) is 0 Å². The molecule has 0 saturated heterocycles. The topological polar surface area (TPSA) is 66.0 Å². The van der Waals surface area contributed by atoms with Crippen LogP contribution in [0.4, 0.5) is 0 Å². The number of hydrogen-bond donors (Lipinski definition) is 1. The van der Waals surface area contributed by atoms with E-state index in [-0.39, 0.29) is 6.04 Å². The Morgan fingerprint density at radius 1 is 1.28 bits per heavy atom. The van der Waals surface area contributed by atoms with Crippen LogP contribution in [0.25, 0.3) is 0 Å². The van der Waals surface area contributed by atoms with Crippen LogP contribution in [0.2, 0.25) is 0 Å². The van der Waals surface area contributed by atoms with Crippen molar-refractivity contribution in [3.63, 3.8) is 0 Å². The van der Waals surface area contributed by atoms with Crippen molar-refractivity contribution in [3.05, 3.63) is 42.0 Å². The summed E-state index contributed by atoms with van der Waals surface area (Å²) >= 11 is 0. The van der Waals surface area contributed by atoms with Gasteiger partial charge in [-0.3, -0.25) is 0 Å². The maximum atomic E-state index is 5.97. The number of para-hydroxylation sites is 1. The lowest BCUT2D eigenvalue weighted by Gasteiger charge is -2.20. The van der Waals surface area contributed by atoms with Crippen LogP contribution in [-0.4, -0.2) is 20.8 Å². The van der Waals surface area contributed by atoms with Gasteiger partial charge in [-0.05, 0) is 18.6 Å². The Morgan fingerprint density at radius 3 is 2.94 bits per heavy atom. The molecule has 94 valence electrons. The molecule has 1 aromatic heterocycles. The maximum Gasteiger partial charge on any atom is 0.171 e. The zero-order valence-electron chi connectivity index (χ0n) is 10.1. The highest BCUT2D eigenvalue weighted by atomic mass is 16.5. The summed E-state index contributed by atoms with van der Waals surface area (Å²) in [5.74, 6) is 2.71. The predicted octanol–water partition coefficient (Wildman–Crippen LogP) is 1.13. The number of fused-ring (bicyclic) bond motifs is 1. The molecular weight excluding hydrogens is 228 g/mol. The van der Waals surface area contributed by atoms with Gasteiger partial charge in [0.05, 0.1) is 0 Å². The molecular formula is C13H16N4O. The second-order valence-electron chi connectivity index (χ2n) is 4.54. The lowest BCUT2D eigenvalue weighted by molar-refractivity contribution is 0.284. The van der Waals surface area contributed by atoms with Crippen molar-refractivity contribution in [3.8, 4) is 5.75 Å². The molecule has 2 N–H and O–H groups in total. The van der Waals surface area contributed by atoms with Crippen LogP contribution in [-0.2, 0) is 19.6 Å². The minimum atomic E-state index is 0.198. The van der Waals surface area contributed by atoms with E-state index in [9.17, 15) is 0 Å². The van der Waals surface area contributed by atoms with E-state index in [2.05, 4.69) is 14.8 Å². The molecule has 0 amide bonds. The first-order valence-corrected chi connectivity index (χ1v) is 6.17. The van der Waals surface area contributed by atoms with Crippen LogP contribution >= 0.6 is 0 Å². The molecule has 1 unspecified atom stereocenters. The average molecular weight is 244 g/mol. The molecule has 0 bridgehead atoms. The fourth-order valence-corrected chi connectivity index (χ4v) is 2.18. The smallest absolute Gasteiger partial charge is 0.171 e. The highest BCUT2D eigenvalue weighted by molar-refractivity contribution is 5.21. The summed E-state index contributed by atoms with van der Waals surface area (Å²) < 4.78 is 7.77. The summed E-state index contributed by atoms with van der Waals surface area (Å²) in [6.07, 6.45) is 1.89. The number of benzene rings is 1. The highest BCUT2D eigenvalue weighted by Gasteiger charge is 2.20. The third-order valence-electron chi connectivity index (χ3n) is 3.17. The summed E-state index contributed by atoms with van der Waals surface area (Å²) in [6.45, 7) is 1.22. The summed E-state index contributed by atoms with van der Waals surface area (Å²) in [5, 5.41) is 8.36. The molecule has 18 heavy (non-hydrogen) atoms. The Labute approximate surface area is 106 Å². The minimum Gasteiger partial charge on any atom is -0.486 e. The summed E-state index contributed by atoms with van der Waals surface area (Å²) in [6, 6.07) is 9.92. The van der Waals surface area contributed by atoms with Gasteiger partial charge in [-0.1, -0.05) is 18.2 Å². The summed E-state index contributed by atoms with van der Waals surface area (Å²) in [7, 11) is 0. The number of hydrogen-bond acceptors (Lipinski definition) is 4. The van der Waals surface area contributed by atoms with Crippen LogP contribution in [0.15, 0.2) is 30.3 Å². The normalized spacial score (nSPS) is 18.4. The fourth-order valence-electron chi connectivity index (χ4n) is 2.18. The number of aryl methyl sites for hydroxylation is 1. The first kappa shape index (κ1) is 11.2. The molecule has 0 spiro atoms. The van der Waals surface area contributed by atoms with Gasteiger partial charge in [0.15, 0.2) is 5.82 Å². The number of nitrogens with two attached hydrogens (primary N) is 1. The first-order chi connectivity index (χ1) is 8.83. The second-order valence-corrected chi connectivity index (χ2v) is 4.54. The van der Waals surface area contributed by atoms with E-state index in [1.54, 1.807) is 0 Å². The Kier molecular flexibility index (Phi) is 2.98. The van der Waals surface area contributed by atoms with Crippen LogP contribution < -0.4 is 10.5 Å². The van der Waals surface area contributed by atoms with Crippen LogP contribution in [0.3, 0.4) is 0 Å². The molecule has 1 aliphatic rings. The maximum absolute atomic E-state index is 5.97. The molecule has 2 aromatic rings. The van der Waals surface area contributed by atoms with E-state index in [4.69, 9.17) is 10.5 Å². The average Bonchev–Trinajstić information content (AvgIpc) is 2.80. The molecule has 5 heteroatoms. The summed E-state index contributed by atoms with van der Waals surface area (Å²) in [4.78, 5) is 0. The fraction of sp³-hybridized carbons (Fsp3) is 0.385. The largest absolute Gasteiger partial charge is 0.486 e. The van der Waals surface area contributed by atoms with Crippen LogP contribution in [0.1, 0.15) is 18.1 Å². The number of rotatable bonds is 3. The Bertz CT molecular complexity index is 523. The predicted molar refractivity (Wildman–Crippen MR) is 67.1 cm³/mol. The second kappa shape index (κ2) is 4.78. The van der Waals surface area contributed by atoms with Gasteiger partial charge in [0.2, 0.25) is 0 Å². The zero-order valence-corrected chi connectivity index (χ0v) is 10.1. The van der Waals surface area contributed by atoms with E-state index in [1.165, 1.54) is 0 Å². The molecule has 0 fully saturated rings. The third-order valence-corrected chi connectivity index (χ3v) is 3.17. The van der Waals surface area contributed by atoms with Crippen molar-refractivity contribution < 1.29 is 4.74 Å². The zero-order chi connectivity index (χ0) is 12.4. The summed E-state index contributed by atoms with van der Waals surface area (Å²) in [5.41, 5.74) is 5.97. The number of ether oxygens (including phenoxy) is 1. The lowest BCUT2D eigenvalue weighted by atomic mass is 10.1. The monoisotopic (exact) mass is 244 g/mol. The van der Waals surface area contributed by atoms with Gasteiger partial charge in [-0.25, -0.2) is 0 Å². The quantitative estimate of drug-likeness (QED) is 0.879. The van der Waals surface area contributed by atoms with E-state index >= 15 is 0 Å². The Morgan fingerprint density at radius 2 is 2.11 bits per heavy atom. The van der Waals surface area contributed by atoms with E-state index in [0.29, 0.717) is 6.61 Å². The minimum absolute atomic E-state index is 0.198. The van der Waals surface area contributed by atoms with E-state index in [1.807, 2.05) is 30.3 Å². The molecule has 3 rings (SSSR count). The number of aromatic nitrogens is 3. The van der Waals surface area contributed by atoms with Crippen molar-refractivity contribution in [2.24, 2.45) is 5.73 Å². The lowest BCUT2D eigenvalue weighted by Crippen LogP contribution is -2.33. The van der Waals surface area contributed by atoms with E-state index in [0.717, 1.165) is 36.8 Å². The van der Waals surface area contributed by atoms with Crippen LogP contribution in [0, 0.1) is 0 Å². The molecule has 2 heterocycles. The van der Waals surface area contributed by atoms with Crippen molar-refractivity contribution >= 4 is 0 Å². The van der Waals surface area contributed by atoms with Gasteiger partial charge in [0, 0.05) is 19.0 Å². The van der Waals surface area contributed by atoms with E-state index < -0.39 is 0 Å². The van der Waals surface area contributed by atoms with Crippen molar-refractivity contribution in [1.82, 2.24) is 14.8 Å². The Balaban J connectivity index is 1.72. The Hall–Kier alpha value is -1.88. The molecule has 1 aliphatic heterocycles. The SMILES string of the molecule is NC1CCc2nnc(COc3ccccc3)n2C1. The van der Waals surface area contributed by atoms with Gasteiger partial charge in [-0.2, -0.15) is 0 Å². The van der Waals surface area contributed by atoms with Gasteiger partial charge in [0.1, 0.15) is 18.2 Å². The van der Waals surface area contributed by atoms with Crippen LogP contribution in [0.5, 0.6) is 5.75 Å².